The Bertz CT molecular complexity index is 1030. The number of benzene rings is 2. The van der Waals surface area contributed by atoms with Crippen LogP contribution in [0.15, 0.2) is 75.1 Å². The van der Waals surface area contributed by atoms with E-state index in [0.717, 1.165) is 22.0 Å². The van der Waals surface area contributed by atoms with Crippen LogP contribution in [0.3, 0.4) is 0 Å². The monoisotopic (exact) mass is 420 g/mol. The highest BCUT2D eigenvalue weighted by Gasteiger charge is 2.13. The molecule has 1 aromatic heterocycles. The van der Waals surface area contributed by atoms with Gasteiger partial charge < -0.3 is 9.73 Å². The van der Waals surface area contributed by atoms with Gasteiger partial charge in [0.05, 0.1) is 0 Å². The van der Waals surface area contributed by atoms with Crippen molar-refractivity contribution >= 4 is 33.6 Å². The molecular formula is C22H17BrN2O2. The van der Waals surface area contributed by atoms with E-state index in [0.29, 0.717) is 17.2 Å². The number of nitriles is 1. The van der Waals surface area contributed by atoms with Crippen LogP contribution in [0, 0.1) is 11.3 Å². The van der Waals surface area contributed by atoms with Crippen molar-refractivity contribution in [1.29, 1.82) is 5.26 Å². The molecule has 0 bridgehead atoms. The van der Waals surface area contributed by atoms with E-state index >= 15 is 0 Å². The number of carbonyl (C=O) groups excluding carboxylic acids is 1. The van der Waals surface area contributed by atoms with Gasteiger partial charge in [0, 0.05) is 21.8 Å². The molecule has 0 radical (unpaired) electrons. The molecule has 4 nitrogen and oxygen atoms in total. The lowest BCUT2D eigenvalue weighted by atomic mass is 10.1. The van der Waals surface area contributed by atoms with Crippen LogP contribution in [0.25, 0.3) is 17.4 Å². The number of amides is 1. The molecule has 3 aromatic rings. The first-order valence-electron chi connectivity index (χ1n) is 8.47. The Morgan fingerprint density at radius 1 is 1.15 bits per heavy atom. The minimum atomic E-state index is -0.458. The number of para-hydroxylation sites is 1. The number of nitrogens with one attached hydrogen (secondary N) is 1. The van der Waals surface area contributed by atoms with Crippen LogP contribution in [-0.4, -0.2) is 5.91 Å². The van der Waals surface area contributed by atoms with Gasteiger partial charge in [-0.15, -0.1) is 0 Å². The lowest BCUT2D eigenvalue weighted by Gasteiger charge is -2.08. The SMILES string of the molecule is CCc1ccccc1NC(=O)/C(C#N)=C/c1ccc(-c2ccc(Br)cc2)o1. The van der Waals surface area contributed by atoms with Crippen molar-refractivity contribution in [3.05, 3.63) is 82.0 Å². The predicted octanol–water partition coefficient (Wildman–Crippen LogP) is 5.82. The van der Waals surface area contributed by atoms with Crippen molar-refractivity contribution in [2.45, 2.75) is 13.3 Å². The third kappa shape index (κ3) is 4.55. The maximum absolute atomic E-state index is 12.5. The molecule has 1 amide bonds. The minimum Gasteiger partial charge on any atom is -0.457 e. The van der Waals surface area contributed by atoms with Gasteiger partial charge in [-0.25, -0.2) is 0 Å². The van der Waals surface area contributed by atoms with E-state index in [1.54, 1.807) is 6.07 Å². The van der Waals surface area contributed by atoms with Crippen molar-refractivity contribution in [3.8, 4) is 17.4 Å². The van der Waals surface area contributed by atoms with E-state index in [2.05, 4.69) is 21.2 Å². The van der Waals surface area contributed by atoms with Gasteiger partial charge in [0.2, 0.25) is 0 Å². The number of furan rings is 1. The number of hydrogen-bond acceptors (Lipinski definition) is 3. The first-order valence-corrected chi connectivity index (χ1v) is 9.27. The molecule has 0 aliphatic carbocycles. The molecule has 5 heteroatoms. The number of aryl methyl sites for hydroxylation is 1. The van der Waals surface area contributed by atoms with Crippen LogP contribution in [0.2, 0.25) is 0 Å². The fraction of sp³-hybridized carbons (Fsp3) is 0.0909. The third-order valence-electron chi connectivity index (χ3n) is 4.05. The van der Waals surface area contributed by atoms with E-state index < -0.39 is 5.91 Å². The summed E-state index contributed by atoms with van der Waals surface area (Å²) in [6.45, 7) is 2.01. The van der Waals surface area contributed by atoms with Gasteiger partial charge in [-0.05, 0) is 42.3 Å². The number of carbonyl (C=O) groups is 1. The summed E-state index contributed by atoms with van der Waals surface area (Å²) in [6, 6.07) is 20.7. The van der Waals surface area contributed by atoms with E-state index in [1.165, 1.54) is 6.08 Å². The van der Waals surface area contributed by atoms with Gasteiger partial charge in [-0.2, -0.15) is 5.26 Å². The Morgan fingerprint density at radius 3 is 2.59 bits per heavy atom. The highest BCUT2D eigenvalue weighted by Crippen LogP contribution is 2.25. The fourth-order valence-electron chi connectivity index (χ4n) is 2.63. The molecule has 0 atom stereocenters. The van der Waals surface area contributed by atoms with Gasteiger partial charge in [0.25, 0.3) is 5.91 Å². The van der Waals surface area contributed by atoms with E-state index in [1.807, 2.05) is 67.6 Å². The third-order valence-corrected chi connectivity index (χ3v) is 4.58. The molecule has 134 valence electrons. The molecular weight excluding hydrogens is 404 g/mol. The molecule has 0 fully saturated rings. The summed E-state index contributed by atoms with van der Waals surface area (Å²) in [5, 5.41) is 12.2. The lowest BCUT2D eigenvalue weighted by Crippen LogP contribution is -2.14. The topological polar surface area (TPSA) is 66.0 Å². The highest BCUT2D eigenvalue weighted by molar-refractivity contribution is 9.10. The second-order valence-electron chi connectivity index (χ2n) is 5.84. The van der Waals surface area contributed by atoms with Crippen molar-refractivity contribution < 1.29 is 9.21 Å². The fourth-order valence-corrected chi connectivity index (χ4v) is 2.90. The van der Waals surface area contributed by atoms with Crippen molar-refractivity contribution in [3.63, 3.8) is 0 Å². The molecule has 0 spiro atoms. The molecule has 0 aliphatic heterocycles. The standard InChI is InChI=1S/C22H17BrN2O2/c1-2-15-5-3-4-6-20(15)25-22(26)17(14-24)13-19-11-12-21(27-19)16-7-9-18(23)10-8-16/h3-13H,2H2,1H3,(H,25,26)/b17-13+. The highest BCUT2D eigenvalue weighted by atomic mass is 79.9. The number of anilines is 1. The Kier molecular flexibility index (Phi) is 5.90. The second-order valence-corrected chi connectivity index (χ2v) is 6.76. The summed E-state index contributed by atoms with van der Waals surface area (Å²) in [4.78, 5) is 12.5. The van der Waals surface area contributed by atoms with Crippen LogP contribution in [0.4, 0.5) is 5.69 Å². The minimum absolute atomic E-state index is 0.0161. The summed E-state index contributed by atoms with van der Waals surface area (Å²) in [5.41, 5.74) is 2.62. The maximum atomic E-state index is 12.5. The number of rotatable bonds is 5. The van der Waals surface area contributed by atoms with Gasteiger partial charge >= 0.3 is 0 Å². The van der Waals surface area contributed by atoms with E-state index in [4.69, 9.17) is 4.42 Å². The summed E-state index contributed by atoms with van der Waals surface area (Å²) in [7, 11) is 0. The molecule has 27 heavy (non-hydrogen) atoms. The van der Waals surface area contributed by atoms with Gasteiger partial charge in [-0.3, -0.25) is 4.79 Å². The summed E-state index contributed by atoms with van der Waals surface area (Å²) < 4.78 is 6.74. The van der Waals surface area contributed by atoms with E-state index in [-0.39, 0.29) is 5.57 Å². The van der Waals surface area contributed by atoms with Crippen LogP contribution >= 0.6 is 15.9 Å². The maximum Gasteiger partial charge on any atom is 0.266 e. The lowest BCUT2D eigenvalue weighted by molar-refractivity contribution is -0.112. The number of halogens is 1. The zero-order valence-electron chi connectivity index (χ0n) is 14.7. The van der Waals surface area contributed by atoms with Gasteiger partial charge in [0.1, 0.15) is 23.2 Å². The molecule has 0 saturated carbocycles. The quantitative estimate of drug-likeness (QED) is 0.417. The Morgan fingerprint density at radius 2 is 1.89 bits per heavy atom. The Labute approximate surface area is 166 Å². The van der Waals surface area contributed by atoms with Crippen molar-refractivity contribution in [1.82, 2.24) is 0 Å². The molecule has 2 aromatic carbocycles. The Balaban J connectivity index is 1.81. The zero-order valence-corrected chi connectivity index (χ0v) is 16.3. The number of nitrogens with zero attached hydrogens (tertiary/aromatic N) is 1. The normalized spacial score (nSPS) is 11.1. The molecule has 0 aliphatic rings. The average Bonchev–Trinajstić information content (AvgIpc) is 3.15. The first kappa shape index (κ1) is 18.7. The van der Waals surface area contributed by atoms with Crippen LogP contribution in [-0.2, 0) is 11.2 Å². The average molecular weight is 421 g/mol. The zero-order chi connectivity index (χ0) is 19.2. The van der Waals surface area contributed by atoms with E-state index in [9.17, 15) is 10.1 Å². The molecule has 0 saturated heterocycles. The van der Waals surface area contributed by atoms with Crippen molar-refractivity contribution in [2.24, 2.45) is 0 Å². The number of hydrogen-bond donors (Lipinski definition) is 1. The molecule has 3 rings (SSSR count). The second kappa shape index (κ2) is 8.52. The van der Waals surface area contributed by atoms with Crippen LogP contribution in [0.5, 0.6) is 0 Å². The molecule has 1 heterocycles. The van der Waals surface area contributed by atoms with Gasteiger partial charge in [0.15, 0.2) is 0 Å². The predicted molar refractivity (Wildman–Crippen MR) is 110 cm³/mol. The smallest absolute Gasteiger partial charge is 0.266 e. The Hall–Kier alpha value is -3.10. The van der Waals surface area contributed by atoms with Crippen LogP contribution < -0.4 is 5.32 Å². The summed E-state index contributed by atoms with van der Waals surface area (Å²) in [6.07, 6.45) is 2.24. The summed E-state index contributed by atoms with van der Waals surface area (Å²) >= 11 is 3.40. The first-order chi connectivity index (χ1) is 13.1. The van der Waals surface area contributed by atoms with Crippen LogP contribution in [0.1, 0.15) is 18.2 Å². The molecule has 1 N–H and O–H groups in total. The van der Waals surface area contributed by atoms with Crippen molar-refractivity contribution in [2.75, 3.05) is 5.32 Å². The van der Waals surface area contributed by atoms with Gasteiger partial charge in [-0.1, -0.05) is 53.2 Å². The largest absolute Gasteiger partial charge is 0.457 e. The molecule has 0 unspecified atom stereocenters. The summed E-state index contributed by atoms with van der Waals surface area (Å²) in [5.74, 6) is 0.658.